The molecular formula is C10H24N2. The fourth-order valence-corrected chi connectivity index (χ4v) is 1.29. The van der Waals surface area contributed by atoms with E-state index in [0.717, 1.165) is 12.5 Å². The summed E-state index contributed by atoms with van der Waals surface area (Å²) < 4.78 is 0. The second-order valence-electron chi connectivity index (χ2n) is 3.92. The van der Waals surface area contributed by atoms with Crippen LogP contribution in [0.15, 0.2) is 0 Å². The summed E-state index contributed by atoms with van der Waals surface area (Å²) in [6.45, 7) is 9.12. The van der Waals surface area contributed by atoms with Gasteiger partial charge in [0.15, 0.2) is 0 Å². The third-order valence-electron chi connectivity index (χ3n) is 2.40. The first-order chi connectivity index (χ1) is 5.60. The van der Waals surface area contributed by atoms with E-state index in [9.17, 15) is 0 Å². The van der Waals surface area contributed by atoms with E-state index in [4.69, 9.17) is 0 Å². The largest absolute Gasteiger partial charge is 0.316 e. The van der Waals surface area contributed by atoms with Crippen molar-refractivity contribution in [3.05, 3.63) is 0 Å². The van der Waals surface area contributed by atoms with Crippen molar-refractivity contribution in [3.8, 4) is 0 Å². The lowest BCUT2D eigenvalue weighted by Crippen LogP contribution is -2.37. The molecule has 2 unspecified atom stereocenters. The molecular weight excluding hydrogens is 148 g/mol. The Balaban J connectivity index is 3.51. The van der Waals surface area contributed by atoms with E-state index < -0.39 is 0 Å². The third kappa shape index (κ3) is 5.56. The first-order valence-corrected chi connectivity index (χ1v) is 4.95. The van der Waals surface area contributed by atoms with Gasteiger partial charge in [-0.3, -0.25) is 0 Å². The van der Waals surface area contributed by atoms with Crippen LogP contribution in [0.1, 0.15) is 27.2 Å². The average molecular weight is 172 g/mol. The van der Waals surface area contributed by atoms with Crippen LogP contribution >= 0.6 is 0 Å². The van der Waals surface area contributed by atoms with Gasteiger partial charge < -0.3 is 10.2 Å². The molecule has 0 aromatic carbocycles. The fourth-order valence-electron chi connectivity index (χ4n) is 1.29. The molecule has 0 saturated heterocycles. The summed E-state index contributed by atoms with van der Waals surface area (Å²) in [6, 6.07) is 0.596. The molecule has 12 heavy (non-hydrogen) atoms. The second-order valence-corrected chi connectivity index (χ2v) is 3.92. The molecule has 0 fully saturated rings. The Morgan fingerprint density at radius 1 is 1.25 bits per heavy atom. The van der Waals surface area contributed by atoms with E-state index in [1.54, 1.807) is 0 Å². The van der Waals surface area contributed by atoms with Gasteiger partial charge in [-0.2, -0.15) is 0 Å². The molecule has 2 nitrogen and oxygen atoms in total. The van der Waals surface area contributed by atoms with Crippen molar-refractivity contribution in [1.82, 2.24) is 10.2 Å². The van der Waals surface area contributed by atoms with Gasteiger partial charge in [0.05, 0.1) is 0 Å². The molecule has 0 aliphatic heterocycles. The second kappa shape index (κ2) is 6.44. The normalized spacial score (nSPS) is 16.5. The van der Waals surface area contributed by atoms with Crippen LogP contribution < -0.4 is 5.32 Å². The Morgan fingerprint density at radius 2 is 1.83 bits per heavy atom. The molecule has 0 aromatic rings. The van der Waals surface area contributed by atoms with Gasteiger partial charge in [0, 0.05) is 19.1 Å². The van der Waals surface area contributed by atoms with Gasteiger partial charge >= 0.3 is 0 Å². The molecule has 0 saturated carbocycles. The van der Waals surface area contributed by atoms with Crippen LogP contribution in [-0.2, 0) is 0 Å². The Kier molecular flexibility index (Phi) is 6.39. The standard InChI is InChI=1S/C10H24N2/c1-6-9(2)7-12(5)8-10(3)11-4/h9-11H,6-8H2,1-5H3. The maximum absolute atomic E-state index is 3.25. The van der Waals surface area contributed by atoms with Gasteiger partial charge in [0.1, 0.15) is 0 Å². The molecule has 0 rings (SSSR count). The van der Waals surface area contributed by atoms with Crippen molar-refractivity contribution >= 4 is 0 Å². The van der Waals surface area contributed by atoms with Gasteiger partial charge in [0.2, 0.25) is 0 Å². The number of nitrogens with one attached hydrogen (secondary N) is 1. The minimum atomic E-state index is 0.596. The number of rotatable bonds is 6. The first kappa shape index (κ1) is 11.9. The highest BCUT2D eigenvalue weighted by molar-refractivity contribution is 4.64. The Hall–Kier alpha value is -0.0800. The topological polar surface area (TPSA) is 15.3 Å². The van der Waals surface area contributed by atoms with Crippen molar-refractivity contribution in [2.75, 3.05) is 27.2 Å². The zero-order valence-corrected chi connectivity index (χ0v) is 9.22. The van der Waals surface area contributed by atoms with E-state index in [1.807, 2.05) is 7.05 Å². The van der Waals surface area contributed by atoms with Gasteiger partial charge in [0.25, 0.3) is 0 Å². The molecule has 0 amide bonds. The Labute approximate surface area is 77.3 Å². The lowest BCUT2D eigenvalue weighted by Gasteiger charge is -2.23. The Morgan fingerprint density at radius 3 is 2.25 bits per heavy atom. The maximum Gasteiger partial charge on any atom is 0.0163 e. The number of nitrogens with zero attached hydrogens (tertiary/aromatic N) is 1. The van der Waals surface area contributed by atoms with Crippen molar-refractivity contribution in [1.29, 1.82) is 0 Å². The molecule has 0 radical (unpaired) electrons. The monoisotopic (exact) mass is 172 g/mol. The minimum absolute atomic E-state index is 0.596. The summed E-state index contributed by atoms with van der Waals surface area (Å²) in [5.74, 6) is 0.819. The van der Waals surface area contributed by atoms with Crippen LogP contribution in [0.25, 0.3) is 0 Å². The highest BCUT2D eigenvalue weighted by atomic mass is 15.1. The lowest BCUT2D eigenvalue weighted by atomic mass is 10.1. The summed E-state index contributed by atoms with van der Waals surface area (Å²) >= 11 is 0. The minimum Gasteiger partial charge on any atom is -0.316 e. The summed E-state index contributed by atoms with van der Waals surface area (Å²) in [6.07, 6.45) is 1.28. The van der Waals surface area contributed by atoms with E-state index in [2.05, 4.69) is 38.0 Å². The van der Waals surface area contributed by atoms with Gasteiger partial charge in [-0.15, -0.1) is 0 Å². The van der Waals surface area contributed by atoms with E-state index >= 15 is 0 Å². The molecule has 1 N–H and O–H groups in total. The Bertz CT molecular complexity index is 92.0. The highest BCUT2D eigenvalue weighted by Gasteiger charge is 2.06. The van der Waals surface area contributed by atoms with Crippen molar-refractivity contribution < 1.29 is 0 Å². The van der Waals surface area contributed by atoms with Crippen LogP contribution in [0.5, 0.6) is 0 Å². The van der Waals surface area contributed by atoms with Crippen molar-refractivity contribution in [2.45, 2.75) is 33.2 Å². The zero-order chi connectivity index (χ0) is 9.56. The molecule has 74 valence electrons. The van der Waals surface area contributed by atoms with Gasteiger partial charge in [-0.25, -0.2) is 0 Å². The van der Waals surface area contributed by atoms with Crippen LogP contribution in [-0.4, -0.2) is 38.1 Å². The van der Waals surface area contributed by atoms with E-state index in [0.29, 0.717) is 6.04 Å². The van der Waals surface area contributed by atoms with Crippen molar-refractivity contribution in [3.63, 3.8) is 0 Å². The van der Waals surface area contributed by atoms with Gasteiger partial charge in [-0.05, 0) is 26.9 Å². The summed E-state index contributed by atoms with van der Waals surface area (Å²) in [5.41, 5.74) is 0. The van der Waals surface area contributed by atoms with Crippen LogP contribution in [0.3, 0.4) is 0 Å². The zero-order valence-electron chi connectivity index (χ0n) is 9.22. The number of hydrogen-bond donors (Lipinski definition) is 1. The smallest absolute Gasteiger partial charge is 0.0163 e. The molecule has 0 spiro atoms. The van der Waals surface area contributed by atoms with E-state index in [-0.39, 0.29) is 0 Å². The lowest BCUT2D eigenvalue weighted by molar-refractivity contribution is 0.261. The van der Waals surface area contributed by atoms with Crippen LogP contribution in [0.4, 0.5) is 0 Å². The predicted octanol–water partition coefficient (Wildman–Crippen LogP) is 1.57. The van der Waals surface area contributed by atoms with Gasteiger partial charge in [-0.1, -0.05) is 20.3 Å². The quantitative estimate of drug-likeness (QED) is 0.654. The number of likely N-dealkylation sites (N-methyl/N-ethyl adjacent to an activating group) is 2. The molecule has 0 aromatic heterocycles. The average Bonchev–Trinajstić information content (AvgIpc) is 2.03. The molecule has 0 bridgehead atoms. The van der Waals surface area contributed by atoms with Crippen LogP contribution in [0, 0.1) is 5.92 Å². The third-order valence-corrected chi connectivity index (χ3v) is 2.40. The highest BCUT2D eigenvalue weighted by Crippen LogP contribution is 2.02. The number of hydrogen-bond acceptors (Lipinski definition) is 2. The first-order valence-electron chi connectivity index (χ1n) is 4.95. The molecule has 0 aliphatic rings. The SMILES string of the molecule is CCC(C)CN(C)CC(C)NC. The summed E-state index contributed by atoms with van der Waals surface area (Å²) in [5, 5.41) is 3.25. The molecule has 2 atom stereocenters. The summed E-state index contributed by atoms with van der Waals surface area (Å²) in [7, 11) is 4.21. The molecule has 0 heterocycles. The fraction of sp³-hybridized carbons (Fsp3) is 1.00. The predicted molar refractivity (Wildman–Crippen MR) is 55.5 cm³/mol. The molecule has 0 aliphatic carbocycles. The molecule has 2 heteroatoms. The maximum atomic E-state index is 3.25. The summed E-state index contributed by atoms with van der Waals surface area (Å²) in [4.78, 5) is 2.40. The van der Waals surface area contributed by atoms with E-state index in [1.165, 1.54) is 13.0 Å². The van der Waals surface area contributed by atoms with Crippen molar-refractivity contribution in [2.24, 2.45) is 5.92 Å². The van der Waals surface area contributed by atoms with Crippen LogP contribution in [0.2, 0.25) is 0 Å².